The van der Waals surface area contributed by atoms with Crippen LogP contribution in [0.2, 0.25) is 0 Å². The number of nitrogens with zero attached hydrogens (tertiary/aromatic N) is 1. The maximum absolute atomic E-state index is 12.3. The van der Waals surface area contributed by atoms with E-state index in [-0.39, 0.29) is 25.0 Å². The van der Waals surface area contributed by atoms with E-state index in [1.165, 1.54) is 4.90 Å². The van der Waals surface area contributed by atoms with Crippen LogP contribution < -0.4 is 4.74 Å². The van der Waals surface area contributed by atoms with Crippen LogP contribution >= 0.6 is 0 Å². The second kappa shape index (κ2) is 7.33. The molecule has 2 rings (SSSR count). The highest BCUT2D eigenvalue weighted by molar-refractivity contribution is 5.81. The van der Waals surface area contributed by atoms with E-state index in [1.807, 2.05) is 24.3 Å². The lowest BCUT2D eigenvalue weighted by Crippen LogP contribution is -2.43. The fourth-order valence-electron chi connectivity index (χ4n) is 2.88. The van der Waals surface area contributed by atoms with Gasteiger partial charge in [0, 0.05) is 6.42 Å². The molecule has 1 heterocycles. The molecule has 1 saturated heterocycles. The average molecular weight is 349 g/mol. The summed E-state index contributed by atoms with van der Waals surface area (Å²) in [6.45, 7) is 9.60. The molecule has 0 aromatic heterocycles. The Morgan fingerprint density at radius 2 is 1.88 bits per heavy atom. The zero-order valence-electron chi connectivity index (χ0n) is 15.5. The normalized spacial score (nSPS) is 20.6. The minimum absolute atomic E-state index is 0.193. The Labute approximate surface area is 148 Å². The van der Waals surface area contributed by atoms with Crippen molar-refractivity contribution in [2.45, 2.75) is 64.7 Å². The molecule has 2 atom stereocenters. The van der Waals surface area contributed by atoms with Crippen LogP contribution in [-0.4, -0.2) is 46.4 Å². The zero-order valence-corrected chi connectivity index (χ0v) is 15.5. The van der Waals surface area contributed by atoms with E-state index >= 15 is 0 Å². The third-order valence-corrected chi connectivity index (χ3v) is 4.01. The van der Waals surface area contributed by atoms with E-state index in [9.17, 15) is 14.7 Å². The summed E-state index contributed by atoms with van der Waals surface area (Å²) in [7, 11) is 0. The third-order valence-electron chi connectivity index (χ3n) is 4.01. The molecule has 6 nitrogen and oxygen atoms in total. The Bertz CT molecular complexity index is 635. The third kappa shape index (κ3) is 4.87. The lowest BCUT2D eigenvalue weighted by molar-refractivity contribution is -0.142. The van der Waals surface area contributed by atoms with Gasteiger partial charge in [0.15, 0.2) is 0 Å². The summed E-state index contributed by atoms with van der Waals surface area (Å²) in [4.78, 5) is 25.1. The molecule has 0 spiro atoms. The Hall–Kier alpha value is -2.24. The monoisotopic (exact) mass is 349 g/mol. The maximum Gasteiger partial charge on any atom is 0.411 e. The van der Waals surface area contributed by atoms with Gasteiger partial charge in [-0.15, -0.1) is 0 Å². The first-order valence-electron chi connectivity index (χ1n) is 8.56. The SMILES string of the molecule is CC(C)c1ccccc1OC1CC(C(=O)O)N(C(=O)OC(C)(C)C)C1. The van der Waals surface area contributed by atoms with Gasteiger partial charge in [0.05, 0.1) is 6.54 Å². The number of carboxylic acids is 1. The van der Waals surface area contributed by atoms with Crippen LogP contribution in [0, 0.1) is 0 Å². The van der Waals surface area contributed by atoms with Crippen molar-refractivity contribution in [2.24, 2.45) is 0 Å². The highest BCUT2D eigenvalue weighted by Crippen LogP contribution is 2.30. The fraction of sp³-hybridized carbons (Fsp3) is 0.579. The molecule has 25 heavy (non-hydrogen) atoms. The van der Waals surface area contributed by atoms with E-state index < -0.39 is 23.7 Å². The number of hydrogen-bond acceptors (Lipinski definition) is 4. The number of carbonyl (C=O) groups excluding carboxylic acids is 1. The van der Waals surface area contributed by atoms with Crippen molar-refractivity contribution < 1.29 is 24.2 Å². The van der Waals surface area contributed by atoms with E-state index in [1.54, 1.807) is 20.8 Å². The van der Waals surface area contributed by atoms with Crippen molar-refractivity contribution in [3.8, 4) is 5.75 Å². The Morgan fingerprint density at radius 3 is 2.44 bits per heavy atom. The van der Waals surface area contributed by atoms with Crippen LogP contribution in [0.15, 0.2) is 24.3 Å². The van der Waals surface area contributed by atoms with Crippen molar-refractivity contribution in [1.82, 2.24) is 4.90 Å². The van der Waals surface area contributed by atoms with Gasteiger partial charge in [0.1, 0.15) is 23.5 Å². The van der Waals surface area contributed by atoms with Crippen molar-refractivity contribution in [3.63, 3.8) is 0 Å². The topological polar surface area (TPSA) is 76.1 Å². The molecule has 0 aliphatic carbocycles. The number of benzene rings is 1. The Kier molecular flexibility index (Phi) is 5.60. The van der Waals surface area contributed by atoms with Gasteiger partial charge in [-0.05, 0) is 38.3 Å². The van der Waals surface area contributed by atoms with E-state index in [4.69, 9.17) is 9.47 Å². The molecule has 6 heteroatoms. The molecule has 0 bridgehead atoms. The van der Waals surface area contributed by atoms with E-state index in [0.717, 1.165) is 11.3 Å². The number of ether oxygens (including phenoxy) is 2. The highest BCUT2D eigenvalue weighted by Gasteiger charge is 2.42. The van der Waals surface area contributed by atoms with Crippen LogP contribution in [-0.2, 0) is 9.53 Å². The number of amides is 1. The standard InChI is InChI=1S/C19H27NO5/c1-12(2)14-8-6-7-9-16(14)24-13-10-15(17(21)22)20(11-13)18(23)25-19(3,4)5/h6-9,12-13,15H,10-11H2,1-5H3,(H,21,22). The molecule has 1 N–H and O–H groups in total. The predicted octanol–water partition coefficient (Wildman–Crippen LogP) is 3.65. The van der Waals surface area contributed by atoms with Crippen LogP contribution in [0.5, 0.6) is 5.75 Å². The van der Waals surface area contributed by atoms with Crippen LogP contribution in [0.4, 0.5) is 4.79 Å². The number of carbonyl (C=O) groups is 2. The largest absolute Gasteiger partial charge is 0.488 e. The lowest BCUT2D eigenvalue weighted by Gasteiger charge is -2.26. The number of hydrogen-bond donors (Lipinski definition) is 1. The van der Waals surface area contributed by atoms with E-state index in [0.29, 0.717) is 0 Å². The predicted molar refractivity (Wildman–Crippen MR) is 93.9 cm³/mol. The van der Waals surface area contributed by atoms with Crippen LogP contribution in [0.25, 0.3) is 0 Å². The van der Waals surface area contributed by atoms with Gasteiger partial charge in [0.2, 0.25) is 0 Å². The van der Waals surface area contributed by atoms with Gasteiger partial charge < -0.3 is 14.6 Å². The minimum atomic E-state index is -1.05. The summed E-state index contributed by atoms with van der Waals surface area (Å²) in [5.41, 5.74) is 0.383. The second-order valence-corrected chi connectivity index (χ2v) is 7.65. The summed E-state index contributed by atoms with van der Waals surface area (Å²) in [5, 5.41) is 9.45. The number of rotatable bonds is 4. The molecule has 1 aromatic carbocycles. The van der Waals surface area contributed by atoms with Gasteiger partial charge in [-0.3, -0.25) is 4.90 Å². The molecule has 2 unspecified atom stereocenters. The first-order valence-corrected chi connectivity index (χ1v) is 8.56. The summed E-state index contributed by atoms with van der Waals surface area (Å²) < 4.78 is 11.4. The van der Waals surface area contributed by atoms with Gasteiger partial charge in [0.25, 0.3) is 0 Å². The molecule has 138 valence electrons. The highest BCUT2D eigenvalue weighted by atomic mass is 16.6. The summed E-state index contributed by atoms with van der Waals surface area (Å²) in [5.74, 6) is -0.0263. The number of aliphatic carboxylic acids is 1. The van der Waals surface area contributed by atoms with Crippen molar-refractivity contribution in [3.05, 3.63) is 29.8 Å². The molecule has 1 aliphatic rings. The molecule has 0 saturated carbocycles. The van der Waals surface area contributed by atoms with Gasteiger partial charge in [-0.2, -0.15) is 0 Å². The number of likely N-dealkylation sites (tertiary alicyclic amines) is 1. The summed E-state index contributed by atoms with van der Waals surface area (Å²) in [6, 6.07) is 6.77. The molecular formula is C19H27NO5. The molecule has 1 amide bonds. The number of carboxylic acid groups (broad SMARTS) is 1. The fourth-order valence-corrected chi connectivity index (χ4v) is 2.88. The number of para-hydroxylation sites is 1. The Balaban J connectivity index is 2.15. The Morgan fingerprint density at radius 1 is 1.24 bits per heavy atom. The smallest absolute Gasteiger partial charge is 0.411 e. The molecule has 1 fully saturated rings. The van der Waals surface area contributed by atoms with Gasteiger partial charge in [-0.25, -0.2) is 9.59 Å². The second-order valence-electron chi connectivity index (χ2n) is 7.65. The van der Waals surface area contributed by atoms with Crippen LogP contribution in [0.3, 0.4) is 0 Å². The van der Waals surface area contributed by atoms with Crippen molar-refractivity contribution in [2.75, 3.05) is 6.54 Å². The first kappa shape index (κ1) is 19.1. The summed E-state index contributed by atoms with van der Waals surface area (Å²) >= 11 is 0. The zero-order chi connectivity index (χ0) is 18.8. The average Bonchev–Trinajstić information content (AvgIpc) is 2.90. The first-order chi connectivity index (χ1) is 11.6. The van der Waals surface area contributed by atoms with E-state index in [2.05, 4.69) is 13.8 Å². The van der Waals surface area contributed by atoms with Crippen LogP contribution in [0.1, 0.15) is 52.5 Å². The molecule has 1 aliphatic heterocycles. The maximum atomic E-state index is 12.3. The van der Waals surface area contributed by atoms with Gasteiger partial charge in [-0.1, -0.05) is 32.0 Å². The lowest BCUT2D eigenvalue weighted by atomic mass is 10.0. The van der Waals surface area contributed by atoms with Gasteiger partial charge >= 0.3 is 12.1 Å². The molecule has 1 aromatic rings. The summed E-state index contributed by atoms with van der Waals surface area (Å²) in [6.07, 6.45) is -0.766. The minimum Gasteiger partial charge on any atom is -0.488 e. The molecular weight excluding hydrogens is 322 g/mol. The quantitative estimate of drug-likeness (QED) is 0.898. The van der Waals surface area contributed by atoms with Crippen molar-refractivity contribution in [1.29, 1.82) is 0 Å². The molecule has 0 radical (unpaired) electrons. The van der Waals surface area contributed by atoms with Crippen molar-refractivity contribution >= 4 is 12.1 Å².